The van der Waals surface area contributed by atoms with Gasteiger partial charge in [-0.15, -0.1) is 0 Å². The van der Waals surface area contributed by atoms with Gasteiger partial charge >= 0.3 is 0 Å². The monoisotopic (exact) mass is 483 g/mol. The molecule has 35 heavy (non-hydrogen) atoms. The van der Waals surface area contributed by atoms with Crippen LogP contribution in [0.25, 0.3) is 0 Å². The number of carbonyl (C=O) groups excluding carboxylic acids is 3. The highest BCUT2D eigenvalue weighted by atomic mass is 16.6. The third kappa shape index (κ3) is 5.95. The van der Waals surface area contributed by atoms with E-state index >= 15 is 0 Å². The van der Waals surface area contributed by atoms with Crippen LogP contribution in [-0.4, -0.2) is 63.8 Å². The van der Waals surface area contributed by atoms with Gasteiger partial charge in [0.2, 0.25) is 5.91 Å². The zero-order valence-electron chi connectivity index (χ0n) is 19.6. The summed E-state index contributed by atoms with van der Waals surface area (Å²) in [5, 5.41) is 8.51. The van der Waals surface area contributed by atoms with Crippen molar-refractivity contribution in [2.75, 3.05) is 40.0 Å². The SMILES string of the molecule is COc1ccc2c(c1)OCCNC(=O)[C@@H](NC(=O)c1cccc3c1OCCO3)CCCCNC2=O. The molecule has 0 fully saturated rings. The smallest absolute Gasteiger partial charge is 0.255 e. The highest BCUT2D eigenvalue weighted by Gasteiger charge is 2.25. The summed E-state index contributed by atoms with van der Waals surface area (Å²) in [6, 6.07) is 9.31. The van der Waals surface area contributed by atoms with Gasteiger partial charge in [-0.25, -0.2) is 0 Å². The van der Waals surface area contributed by atoms with E-state index < -0.39 is 11.9 Å². The summed E-state index contributed by atoms with van der Waals surface area (Å²) < 4.78 is 22.2. The maximum atomic E-state index is 13.0. The lowest BCUT2D eigenvalue weighted by Crippen LogP contribution is -2.47. The van der Waals surface area contributed by atoms with Crippen LogP contribution in [0.1, 0.15) is 40.0 Å². The normalized spacial score (nSPS) is 18.6. The van der Waals surface area contributed by atoms with E-state index in [0.29, 0.717) is 73.1 Å². The van der Waals surface area contributed by atoms with Crippen molar-refractivity contribution in [1.82, 2.24) is 16.0 Å². The van der Waals surface area contributed by atoms with Crippen LogP contribution in [0.4, 0.5) is 0 Å². The van der Waals surface area contributed by atoms with E-state index in [1.165, 1.54) is 7.11 Å². The second-order valence-corrected chi connectivity index (χ2v) is 8.11. The third-order valence-electron chi connectivity index (χ3n) is 5.73. The average Bonchev–Trinajstić information content (AvgIpc) is 2.88. The predicted molar refractivity (Wildman–Crippen MR) is 126 cm³/mol. The quantitative estimate of drug-likeness (QED) is 0.607. The number of hydrogen-bond acceptors (Lipinski definition) is 7. The lowest BCUT2D eigenvalue weighted by molar-refractivity contribution is -0.123. The van der Waals surface area contributed by atoms with E-state index in [1.807, 2.05) is 0 Å². The summed E-state index contributed by atoms with van der Waals surface area (Å²) in [6.45, 7) is 1.52. The van der Waals surface area contributed by atoms with Gasteiger partial charge in [0.05, 0.1) is 24.8 Å². The number of benzene rings is 2. The second kappa shape index (κ2) is 11.5. The van der Waals surface area contributed by atoms with Crippen molar-refractivity contribution in [3.8, 4) is 23.0 Å². The Morgan fingerprint density at radius 1 is 0.971 bits per heavy atom. The molecule has 0 bridgehead atoms. The minimum absolute atomic E-state index is 0.136. The van der Waals surface area contributed by atoms with Gasteiger partial charge in [-0.1, -0.05) is 6.07 Å². The number of fused-ring (bicyclic) bond motifs is 2. The molecule has 0 aliphatic carbocycles. The van der Waals surface area contributed by atoms with Crippen molar-refractivity contribution in [3.05, 3.63) is 47.5 Å². The van der Waals surface area contributed by atoms with Gasteiger partial charge in [-0.05, 0) is 43.5 Å². The van der Waals surface area contributed by atoms with Gasteiger partial charge in [0.15, 0.2) is 11.5 Å². The Kier molecular flexibility index (Phi) is 7.92. The minimum atomic E-state index is -0.756. The number of ether oxygens (including phenoxy) is 4. The van der Waals surface area contributed by atoms with Crippen molar-refractivity contribution in [2.45, 2.75) is 25.3 Å². The Morgan fingerprint density at radius 3 is 2.66 bits per heavy atom. The lowest BCUT2D eigenvalue weighted by atomic mass is 10.1. The third-order valence-corrected chi connectivity index (χ3v) is 5.73. The summed E-state index contributed by atoms with van der Waals surface area (Å²) in [4.78, 5) is 38.6. The molecule has 1 atom stereocenters. The van der Waals surface area contributed by atoms with Gasteiger partial charge < -0.3 is 34.9 Å². The fraction of sp³-hybridized carbons (Fsp3) is 0.400. The average molecular weight is 484 g/mol. The van der Waals surface area contributed by atoms with Crippen molar-refractivity contribution in [2.24, 2.45) is 0 Å². The number of nitrogens with one attached hydrogen (secondary N) is 3. The molecule has 2 aromatic carbocycles. The Balaban J connectivity index is 1.45. The van der Waals surface area contributed by atoms with Crippen LogP contribution in [0.2, 0.25) is 0 Å². The summed E-state index contributed by atoms with van der Waals surface area (Å²) >= 11 is 0. The van der Waals surface area contributed by atoms with Crippen LogP contribution in [0, 0.1) is 0 Å². The van der Waals surface area contributed by atoms with Crippen LogP contribution >= 0.6 is 0 Å². The molecular weight excluding hydrogens is 454 g/mol. The number of rotatable bonds is 3. The maximum Gasteiger partial charge on any atom is 0.255 e. The van der Waals surface area contributed by atoms with Crippen LogP contribution in [-0.2, 0) is 4.79 Å². The number of amides is 3. The van der Waals surface area contributed by atoms with E-state index in [1.54, 1.807) is 36.4 Å². The molecule has 3 amide bonds. The van der Waals surface area contributed by atoms with Crippen LogP contribution < -0.4 is 34.9 Å². The Labute approximate surface area is 203 Å². The molecule has 0 aromatic heterocycles. The topological polar surface area (TPSA) is 124 Å². The molecule has 0 saturated carbocycles. The molecule has 186 valence electrons. The van der Waals surface area contributed by atoms with Crippen molar-refractivity contribution < 1.29 is 33.3 Å². The number of methoxy groups -OCH3 is 1. The largest absolute Gasteiger partial charge is 0.497 e. The first kappa shape index (κ1) is 24.2. The molecule has 2 aliphatic heterocycles. The fourth-order valence-electron chi connectivity index (χ4n) is 3.92. The van der Waals surface area contributed by atoms with E-state index in [2.05, 4.69) is 16.0 Å². The van der Waals surface area contributed by atoms with E-state index in [9.17, 15) is 14.4 Å². The first-order valence-corrected chi connectivity index (χ1v) is 11.6. The summed E-state index contributed by atoms with van der Waals surface area (Å²) in [7, 11) is 1.53. The van der Waals surface area contributed by atoms with E-state index in [0.717, 1.165) is 0 Å². The summed E-state index contributed by atoms with van der Waals surface area (Å²) in [6.07, 6.45) is 1.67. The second-order valence-electron chi connectivity index (χ2n) is 8.11. The zero-order chi connectivity index (χ0) is 24.6. The molecule has 3 N–H and O–H groups in total. The van der Waals surface area contributed by atoms with E-state index in [4.69, 9.17) is 18.9 Å². The maximum absolute atomic E-state index is 13.0. The van der Waals surface area contributed by atoms with Gasteiger partial charge in [-0.3, -0.25) is 14.4 Å². The standard InChI is InChI=1S/C25H29N3O7/c1-32-16-8-9-17-21(15-16)33-12-11-27-25(31)19(6-2-3-10-26-23(17)29)28-24(30)18-5-4-7-20-22(18)35-14-13-34-20/h4-5,7-9,15,19H,2-3,6,10-14H2,1H3,(H,26,29)(H,27,31)(H,28,30)/t19-/m0/s1. The fourth-order valence-corrected chi connectivity index (χ4v) is 3.92. The minimum Gasteiger partial charge on any atom is -0.497 e. The van der Waals surface area contributed by atoms with Gasteiger partial charge in [0.1, 0.15) is 37.4 Å². The molecule has 2 heterocycles. The van der Waals surface area contributed by atoms with Crippen molar-refractivity contribution in [3.63, 3.8) is 0 Å². The molecular formula is C25H29N3O7. The predicted octanol–water partition coefficient (Wildman–Crippen LogP) is 1.67. The Bertz CT molecular complexity index is 1090. The van der Waals surface area contributed by atoms with Gasteiger partial charge in [-0.2, -0.15) is 0 Å². The van der Waals surface area contributed by atoms with Gasteiger partial charge in [0, 0.05) is 12.6 Å². The molecule has 2 aromatic rings. The zero-order valence-corrected chi connectivity index (χ0v) is 19.6. The van der Waals surface area contributed by atoms with E-state index in [-0.39, 0.29) is 25.0 Å². The number of hydrogen-bond donors (Lipinski definition) is 3. The number of para-hydroxylation sites is 1. The Morgan fingerprint density at radius 2 is 1.80 bits per heavy atom. The van der Waals surface area contributed by atoms with Gasteiger partial charge in [0.25, 0.3) is 11.8 Å². The highest BCUT2D eigenvalue weighted by Crippen LogP contribution is 2.33. The molecule has 0 saturated heterocycles. The molecule has 0 spiro atoms. The van der Waals surface area contributed by atoms with Crippen molar-refractivity contribution in [1.29, 1.82) is 0 Å². The molecule has 10 heteroatoms. The summed E-state index contributed by atoms with van der Waals surface area (Å²) in [5.74, 6) is 0.836. The molecule has 2 aliphatic rings. The van der Waals surface area contributed by atoms with Crippen molar-refractivity contribution >= 4 is 17.7 Å². The van der Waals surface area contributed by atoms with Crippen LogP contribution in [0.15, 0.2) is 36.4 Å². The molecule has 0 radical (unpaired) electrons. The number of carbonyl (C=O) groups is 3. The first-order valence-electron chi connectivity index (χ1n) is 11.6. The van der Waals surface area contributed by atoms with Crippen LogP contribution in [0.5, 0.6) is 23.0 Å². The first-order chi connectivity index (χ1) is 17.1. The highest BCUT2D eigenvalue weighted by molar-refractivity contribution is 6.00. The Hall–Kier alpha value is -3.95. The lowest BCUT2D eigenvalue weighted by Gasteiger charge is -2.23. The summed E-state index contributed by atoms with van der Waals surface area (Å²) in [5.41, 5.74) is 0.715. The molecule has 0 unspecified atom stereocenters. The molecule has 10 nitrogen and oxygen atoms in total. The molecule has 4 rings (SSSR count). The van der Waals surface area contributed by atoms with Crippen LogP contribution in [0.3, 0.4) is 0 Å².